The summed E-state index contributed by atoms with van der Waals surface area (Å²) in [7, 11) is -3.61. The minimum Gasteiger partial charge on any atom is -0.356 e. The number of hydrogen-bond acceptors (Lipinski definition) is 3. The van der Waals surface area contributed by atoms with Crippen LogP contribution in [0.2, 0.25) is 0 Å². The number of hydrogen-bond donors (Lipinski definition) is 3. The zero-order valence-corrected chi connectivity index (χ0v) is 24.3. The Labute approximate surface area is 243 Å². The molecule has 0 radical (unpaired) electrons. The summed E-state index contributed by atoms with van der Waals surface area (Å²) < 4.78 is 29.0. The van der Waals surface area contributed by atoms with Crippen LogP contribution in [0, 0.1) is 0 Å². The van der Waals surface area contributed by atoms with Gasteiger partial charge in [0.1, 0.15) is 0 Å². The largest absolute Gasteiger partial charge is 0.356 e. The molecule has 3 N–H and O–H groups in total. The smallest absolute Gasteiger partial charge is 0.240 e. The first-order chi connectivity index (χ1) is 19.9. The fraction of sp³-hybridized carbons (Fsp3) is 0.200. The van der Waals surface area contributed by atoms with Crippen molar-refractivity contribution in [3.05, 3.63) is 126 Å². The van der Waals surface area contributed by atoms with Gasteiger partial charge in [0.25, 0.3) is 0 Å². The highest BCUT2D eigenvalue weighted by atomic mass is 32.2. The Morgan fingerprint density at radius 3 is 2.37 bits per heavy atom. The van der Waals surface area contributed by atoms with Gasteiger partial charge in [-0.3, -0.25) is 0 Å². The molecule has 5 aromatic rings. The van der Waals surface area contributed by atoms with E-state index in [1.807, 2.05) is 72.8 Å². The Balaban J connectivity index is 1.33. The maximum Gasteiger partial charge on any atom is 0.240 e. The summed E-state index contributed by atoms with van der Waals surface area (Å²) in [5, 5.41) is 4.51. The molecule has 0 bridgehead atoms. The van der Waals surface area contributed by atoms with Gasteiger partial charge in [-0.15, -0.1) is 0 Å². The van der Waals surface area contributed by atoms with Gasteiger partial charge in [-0.2, -0.15) is 0 Å². The van der Waals surface area contributed by atoms with Crippen LogP contribution in [-0.4, -0.2) is 19.9 Å². The number of para-hydroxylation sites is 1. The molecule has 0 saturated heterocycles. The molecule has 0 aliphatic carbocycles. The van der Waals surface area contributed by atoms with Gasteiger partial charge >= 0.3 is 0 Å². The van der Waals surface area contributed by atoms with E-state index in [0.717, 1.165) is 57.5 Å². The van der Waals surface area contributed by atoms with Crippen molar-refractivity contribution >= 4 is 32.3 Å². The summed E-state index contributed by atoms with van der Waals surface area (Å²) in [6.07, 6.45) is 4.99. The van der Waals surface area contributed by atoms with E-state index in [2.05, 4.69) is 46.7 Å². The van der Waals surface area contributed by atoms with E-state index >= 15 is 0 Å². The highest BCUT2D eigenvalue weighted by Gasteiger charge is 2.17. The van der Waals surface area contributed by atoms with E-state index in [1.54, 1.807) is 12.1 Å². The summed E-state index contributed by atoms with van der Waals surface area (Å²) in [6.45, 7) is 6.67. The number of aromatic nitrogens is 1. The number of rotatable bonds is 13. The number of aryl methyl sites for hydroxylation is 1. The van der Waals surface area contributed by atoms with Crippen molar-refractivity contribution in [1.82, 2.24) is 9.71 Å². The van der Waals surface area contributed by atoms with Crippen LogP contribution >= 0.6 is 0 Å². The first-order valence-electron chi connectivity index (χ1n) is 14.2. The molecular formula is C35H37N3O2S. The molecule has 0 atom stereocenters. The van der Waals surface area contributed by atoms with Gasteiger partial charge in [-0.1, -0.05) is 99.1 Å². The van der Waals surface area contributed by atoms with Crippen LogP contribution in [0.1, 0.15) is 42.9 Å². The van der Waals surface area contributed by atoms with Gasteiger partial charge in [0, 0.05) is 40.1 Å². The average molecular weight is 564 g/mol. The van der Waals surface area contributed by atoms with Gasteiger partial charge in [-0.25, -0.2) is 13.1 Å². The lowest BCUT2D eigenvalue weighted by Gasteiger charge is -2.12. The summed E-state index contributed by atoms with van der Waals surface area (Å²) >= 11 is 0. The van der Waals surface area contributed by atoms with Gasteiger partial charge in [-0.05, 0) is 66.3 Å². The van der Waals surface area contributed by atoms with Gasteiger partial charge in [0.2, 0.25) is 10.0 Å². The second kappa shape index (κ2) is 13.0. The van der Waals surface area contributed by atoms with E-state index in [-0.39, 0.29) is 6.54 Å². The fourth-order valence-corrected chi connectivity index (χ4v) is 6.18. The highest BCUT2D eigenvalue weighted by Crippen LogP contribution is 2.32. The monoisotopic (exact) mass is 563 g/mol. The van der Waals surface area contributed by atoms with Crippen molar-refractivity contribution in [3.63, 3.8) is 0 Å². The van der Waals surface area contributed by atoms with Gasteiger partial charge < -0.3 is 10.3 Å². The number of aromatic amines is 1. The standard InChI is InChI=1S/C35H37N3O2S/c1-3-4-6-12-27-19-21-31(22-20-27)41(39,40)36-24-23-33-32-17-9-10-18-34(32)38-35(33)29-15-11-16-30(25-29)37-26(2)28-13-7-5-8-14-28/h5,7-11,13-22,25,36-38H,2-4,6,12,23-24H2,1H3. The van der Waals surface area contributed by atoms with Crippen molar-refractivity contribution < 1.29 is 8.42 Å². The molecule has 0 spiro atoms. The summed E-state index contributed by atoms with van der Waals surface area (Å²) in [4.78, 5) is 3.87. The molecule has 0 unspecified atom stereocenters. The van der Waals surface area contributed by atoms with Crippen molar-refractivity contribution in [2.75, 3.05) is 11.9 Å². The number of nitrogens with one attached hydrogen (secondary N) is 3. The summed E-state index contributed by atoms with van der Waals surface area (Å²) in [6, 6.07) is 33.6. The lowest BCUT2D eigenvalue weighted by molar-refractivity contribution is 0.581. The van der Waals surface area contributed by atoms with Crippen molar-refractivity contribution in [3.8, 4) is 11.3 Å². The summed E-state index contributed by atoms with van der Waals surface area (Å²) in [5.74, 6) is 0. The summed E-state index contributed by atoms with van der Waals surface area (Å²) in [5.41, 5.74) is 8.05. The molecule has 0 amide bonds. The van der Waals surface area contributed by atoms with Crippen LogP contribution in [0.25, 0.3) is 27.9 Å². The molecule has 0 saturated carbocycles. The first-order valence-corrected chi connectivity index (χ1v) is 15.7. The van der Waals surface area contributed by atoms with E-state index in [4.69, 9.17) is 0 Å². The van der Waals surface area contributed by atoms with Gasteiger partial charge in [0.05, 0.1) is 4.90 Å². The molecule has 0 aliphatic rings. The molecule has 6 heteroatoms. The molecule has 0 aliphatic heterocycles. The second-order valence-corrected chi connectivity index (χ2v) is 12.1. The van der Waals surface area contributed by atoms with E-state index in [0.29, 0.717) is 11.3 Å². The minimum absolute atomic E-state index is 0.290. The number of unbranched alkanes of at least 4 members (excludes halogenated alkanes) is 2. The number of sulfonamides is 1. The van der Waals surface area contributed by atoms with Crippen LogP contribution in [0.3, 0.4) is 0 Å². The fourth-order valence-electron chi connectivity index (χ4n) is 5.15. The third kappa shape index (κ3) is 6.96. The molecule has 41 heavy (non-hydrogen) atoms. The predicted octanol–water partition coefficient (Wildman–Crippen LogP) is 8.17. The SMILES string of the molecule is C=C(Nc1cccc(-c2[nH]c3ccccc3c2CCNS(=O)(=O)c2ccc(CCCCC)cc2)c1)c1ccccc1. The number of anilines is 1. The molecule has 1 heterocycles. The van der Waals surface area contributed by atoms with E-state index in [9.17, 15) is 8.42 Å². The number of benzene rings is 4. The van der Waals surface area contributed by atoms with Crippen LogP contribution in [0.5, 0.6) is 0 Å². The maximum atomic E-state index is 13.1. The third-order valence-electron chi connectivity index (χ3n) is 7.35. The van der Waals surface area contributed by atoms with Crippen LogP contribution in [-0.2, 0) is 22.9 Å². The molecule has 4 aromatic carbocycles. The number of fused-ring (bicyclic) bond motifs is 1. The molecule has 1 aromatic heterocycles. The lowest BCUT2D eigenvalue weighted by atomic mass is 10.0. The quantitative estimate of drug-likeness (QED) is 0.127. The first kappa shape index (κ1) is 28.4. The molecule has 0 fully saturated rings. The Bertz CT molecular complexity index is 1720. The Kier molecular flexibility index (Phi) is 9.02. The topological polar surface area (TPSA) is 74.0 Å². The van der Waals surface area contributed by atoms with Crippen LogP contribution < -0.4 is 10.0 Å². The highest BCUT2D eigenvalue weighted by molar-refractivity contribution is 7.89. The lowest BCUT2D eigenvalue weighted by Crippen LogP contribution is -2.26. The Morgan fingerprint density at radius 1 is 0.829 bits per heavy atom. The zero-order chi connectivity index (χ0) is 28.7. The maximum absolute atomic E-state index is 13.1. The molecule has 210 valence electrons. The van der Waals surface area contributed by atoms with Crippen molar-refractivity contribution in [1.29, 1.82) is 0 Å². The minimum atomic E-state index is -3.61. The van der Waals surface area contributed by atoms with Crippen molar-refractivity contribution in [2.45, 2.75) is 43.9 Å². The molecular weight excluding hydrogens is 526 g/mol. The van der Waals surface area contributed by atoms with Gasteiger partial charge in [0.15, 0.2) is 0 Å². The van der Waals surface area contributed by atoms with E-state index < -0.39 is 10.0 Å². The third-order valence-corrected chi connectivity index (χ3v) is 8.83. The Morgan fingerprint density at radius 2 is 1.59 bits per heavy atom. The second-order valence-electron chi connectivity index (χ2n) is 10.3. The average Bonchev–Trinajstić information content (AvgIpc) is 3.37. The molecule has 5 nitrogen and oxygen atoms in total. The molecule has 5 rings (SSSR count). The Hall–Kier alpha value is -4.13. The normalized spacial score (nSPS) is 11.5. The number of H-pyrrole nitrogens is 1. The van der Waals surface area contributed by atoms with Crippen LogP contribution in [0.15, 0.2) is 115 Å². The van der Waals surface area contributed by atoms with Crippen molar-refractivity contribution in [2.24, 2.45) is 0 Å². The van der Waals surface area contributed by atoms with Crippen LogP contribution in [0.4, 0.5) is 5.69 Å². The van der Waals surface area contributed by atoms with E-state index in [1.165, 1.54) is 18.4 Å². The predicted molar refractivity (Wildman–Crippen MR) is 171 cm³/mol. The zero-order valence-electron chi connectivity index (χ0n) is 23.5.